The second kappa shape index (κ2) is 8.11. The summed E-state index contributed by atoms with van der Waals surface area (Å²) in [7, 11) is 3.94. The molecule has 1 fully saturated rings. The van der Waals surface area contributed by atoms with Crippen molar-refractivity contribution < 1.29 is 4.74 Å². The minimum absolute atomic E-state index is 0.668. The van der Waals surface area contributed by atoms with E-state index in [4.69, 9.17) is 9.72 Å². The van der Waals surface area contributed by atoms with Gasteiger partial charge in [-0.25, -0.2) is 4.98 Å². The molecule has 120 valence electrons. The van der Waals surface area contributed by atoms with Gasteiger partial charge in [0.15, 0.2) is 5.13 Å². The van der Waals surface area contributed by atoms with E-state index in [0.717, 1.165) is 31.3 Å². The summed E-state index contributed by atoms with van der Waals surface area (Å²) >= 11 is 1.83. The van der Waals surface area contributed by atoms with Crippen LogP contribution in [-0.4, -0.2) is 38.3 Å². The van der Waals surface area contributed by atoms with Crippen molar-refractivity contribution in [2.24, 2.45) is 5.92 Å². The molecule has 0 radical (unpaired) electrons. The van der Waals surface area contributed by atoms with Gasteiger partial charge in [-0.15, -0.1) is 11.3 Å². The van der Waals surface area contributed by atoms with E-state index in [1.54, 1.807) is 7.11 Å². The molecule has 0 aliphatic heterocycles. The van der Waals surface area contributed by atoms with Crippen LogP contribution >= 0.6 is 11.3 Å². The Balaban J connectivity index is 1.90. The summed E-state index contributed by atoms with van der Waals surface area (Å²) in [5, 5.41) is 4.58. The quantitative estimate of drug-likeness (QED) is 0.785. The first-order valence-corrected chi connectivity index (χ1v) is 8.82. The van der Waals surface area contributed by atoms with Crippen molar-refractivity contribution in [1.29, 1.82) is 0 Å². The van der Waals surface area contributed by atoms with Gasteiger partial charge in [0.05, 0.1) is 12.3 Å². The van der Waals surface area contributed by atoms with Crippen LogP contribution in [0.2, 0.25) is 0 Å². The van der Waals surface area contributed by atoms with Crippen LogP contribution in [0.25, 0.3) is 0 Å². The summed E-state index contributed by atoms with van der Waals surface area (Å²) < 4.78 is 5.06. The van der Waals surface area contributed by atoms with Crippen LogP contribution in [-0.2, 0) is 11.3 Å². The Morgan fingerprint density at radius 1 is 1.33 bits per heavy atom. The standard InChI is InChI=1S/C16H29N3OS/c1-12-5-7-14(8-6-12)19(3)16-18-13(2)15(21-16)11-17-9-10-20-4/h12,14,17H,5-11H2,1-4H3. The van der Waals surface area contributed by atoms with Crippen LogP contribution in [0.4, 0.5) is 5.13 Å². The first kappa shape index (κ1) is 16.7. The topological polar surface area (TPSA) is 37.4 Å². The highest BCUT2D eigenvalue weighted by Crippen LogP contribution is 2.32. The van der Waals surface area contributed by atoms with Crippen molar-refractivity contribution in [3.63, 3.8) is 0 Å². The number of hydrogen-bond acceptors (Lipinski definition) is 5. The fraction of sp³-hybridized carbons (Fsp3) is 0.812. The van der Waals surface area contributed by atoms with E-state index in [0.29, 0.717) is 6.04 Å². The molecule has 1 N–H and O–H groups in total. The molecule has 0 aromatic carbocycles. The Hall–Kier alpha value is -0.650. The van der Waals surface area contributed by atoms with Crippen LogP contribution < -0.4 is 10.2 Å². The summed E-state index contributed by atoms with van der Waals surface area (Å²) in [6.45, 7) is 7.02. The highest BCUT2D eigenvalue weighted by Gasteiger charge is 2.24. The molecule has 1 aliphatic rings. The number of ether oxygens (including phenoxy) is 1. The van der Waals surface area contributed by atoms with Gasteiger partial charge < -0.3 is 15.0 Å². The van der Waals surface area contributed by atoms with Gasteiger partial charge in [-0.1, -0.05) is 6.92 Å². The second-order valence-electron chi connectivity index (χ2n) is 6.20. The largest absolute Gasteiger partial charge is 0.383 e. The molecule has 0 atom stereocenters. The van der Waals surface area contributed by atoms with Crippen LogP contribution in [0.15, 0.2) is 0 Å². The zero-order valence-corrected chi connectivity index (χ0v) is 14.6. The van der Waals surface area contributed by atoms with Gasteiger partial charge in [-0.3, -0.25) is 0 Å². The summed E-state index contributed by atoms with van der Waals surface area (Å²) in [6, 6.07) is 0.668. The van der Waals surface area contributed by atoms with Gasteiger partial charge in [-0.2, -0.15) is 0 Å². The fourth-order valence-corrected chi connectivity index (χ4v) is 3.95. The number of thiazole rings is 1. The fourth-order valence-electron chi connectivity index (χ4n) is 2.89. The molecule has 0 bridgehead atoms. The van der Waals surface area contributed by atoms with Gasteiger partial charge in [0.2, 0.25) is 0 Å². The van der Waals surface area contributed by atoms with Gasteiger partial charge >= 0.3 is 0 Å². The third kappa shape index (κ3) is 4.66. The summed E-state index contributed by atoms with van der Waals surface area (Å²) in [4.78, 5) is 8.53. The first-order valence-electron chi connectivity index (χ1n) is 8.00. The van der Waals surface area contributed by atoms with Crippen molar-refractivity contribution in [2.75, 3.05) is 32.2 Å². The maximum absolute atomic E-state index is 5.06. The lowest BCUT2D eigenvalue weighted by molar-refractivity contribution is 0.199. The Bertz CT molecular complexity index is 427. The molecule has 0 saturated heterocycles. The molecule has 1 aromatic heterocycles. The smallest absolute Gasteiger partial charge is 0.185 e. The van der Waals surface area contributed by atoms with Gasteiger partial charge in [0.25, 0.3) is 0 Å². The van der Waals surface area contributed by atoms with E-state index in [-0.39, 0.29) is 0 Å². The lowest BCUT2D eigenvalue weighted by Gasteiger charge is -2.33. The van der Waals surface area contributed by atoms with E-state index >= 15 is 0 Å². The number of aromatic nitrogens is 1. The minimum atomic E-state index is 0.668. The molecule has 1 saturated carbocycles. The molecule has 2 rings (SSSR count). The summed E-state index contributed by atoms with van der Waals surface area (Å²) in [5.74, 6) is 0.897. The molecule has 5 heteroatoms. The lowest BCUT2D eigenvalue weighted by Crippen LogP contribution is -2.34. The normalized spacial score (nSPS) is 22.5. The number of methoxy groups -OCH3 is 1. The Morgan fingerprint density at radius 2 is 2.05 bits per heavy atom. The predicted molar refractivity (Wildman–Crippen MR) is 90.3 cm³/mol. The molecule has 1 aliphatic carbocycles. The lowest BCUT2D eigenvalue weighted by atomic mass is 9.87. The number of nitrogens with one attached hydrogen (secondary N) is 1. The van der Waals surface area contributed by atoms with E-state index in [1.165, 1.54) is 35.7 Å². The zero-order valence-electron chi connectivity index (χ0n) is 13.8. The maximum atomic E-state index is 5.06. The van der Waals surface area contributed by atoms with E-state index in [2.05, 4.69) is 31.1 Å². The summed E-state index contributed by atoms with van der Waals surface area (Å²) in [6.07, 6.45) is 5.31. The molecule has 0 spiro atoms. The van der Waals surface area contributed by atoms with E-state index in [1.807, 2.05) is 11.3 Å². The molecule has 4 nitrogen and oxygen atoms in total. The molecule has 0 amide bonds. The maximum Gasteiger partial charge on any atom is 0.185 e. The monoisotopic (exact) mass is 311 g/mol. The molecular weight excluding hydrogens is 282 g/mol. The highest BCUT2D eigenvalue weighted by molar-refractivity contribution is 7.15. The first-order chi connectivity index (χ1) is 10.1. The number of anilines is 1. The second-order valence-corrected chi connectivity index (χ2v) is 7.26. The number of aryl methyl sites for hydroxylation is 1. The van der Waals surface area contributed by atoms with Crippen molar-refractivity contribution >= 4 is 16.5 Å². The Labute approximate surface area is 132 Å². The third-order valence-electron chi connectivity index (χ3n) is 4.48. The van der Waals surface area contributed by atoms with E-state index in [9.17, 15) is 0 Å². The molecule has 21 heavy (non-hydrogen) atoms. The average Bonchev–Trinajstić information content (AvgIpc) is 2.85. The van der Waals surface area contributed by atoms with Crippen molar-refractivity contribution in [1.82, 2.24) is 10.3 Å². The number of nitrogens with zero attached hydrogens (tertiary/aromatic N) is 2. The molecule has 0 unspecified atom stereocenters. The van der Waals surface area contributed by atoms with Gasteiger partial charge in [-0.05, 0) is 38.5 Å². The highest BCUT2D eigenvalue weighted by atomic mass is 32.1. The van der Waals surface area contributed by atoms with Crippen molar-refractivity contribution in [2.45, 2.75) is 52.1 Å². The predicted octanol–water partition coefficient (Wildman–Crippen LogP) is 3.20. The Morgan fingerprint density at radius 3 is 2.71 bits per heavy atom. The number of rotatable bonds is 7. The third-order valence-corrected chi connectivity index (χ3v) is 5.73. The Kier molecular flexibility index (Phi) is 6.45. The SMILES string of the molecule is COCCNCc1sc(N(C)C2CCC(C)CC2)nc1C. The molecule has 1 aromatic rings. The van der Waals surface area contributed by atoms with E-state index < -0.39 is 0 Å². The van der Waals surface area contributed by atoms with Crippen LogP contribution in [0, 0.1) is 12.8 Å². The number of hydrogen-bond donors (Lipinski definition) is 1. The van der Waals surface area contributed by atoms with Crippen molar-refractivity contribution in [3.8, 4) is 0 Å². The van der Waals surface area contributed by atoms with Crippen LogP contribution in [0.3, 0.4) is 0 Å². The zero-order chi connectivity index (χ0) is 15.2. The van der Waals surface area contributed by atoms with Gasteiger partial charge in [0.1, 0.15) is 0 Å². The van der Waals surface area contributed by atoms with Crippen molar-refractivity contribution in [3.05, 3.63) is 10.6 Å². The van der Waals surface area contributed by atoms with Crippen LogP contribution in [0.1, 0.15) is 43.2 Å². The molecule has 1 heterocycles. The van der Waals surface area contributed by atoms with Crippen LogP contribution in [0.5, 0.6) is 0 Å². The summed E-state index contributed by atoms with van der Waals surface area (Å²) in [5.41, 5.74) is 1.16. The van der Waals surface area contributed by atoms with Gasteiger partial charge in [0, 0.05) is 38.2 Å². The minimum Gasteiger partial charge on any atom is -0.383 e. The average molecular weight is 311 g/mol. The molecular formula is C16H29N3OS.